The molecule has 0 aromatic heterocycles. The molecule has 0 saturated heterocycles. The topological polar surface area (TPSA) is 61.8 Å². The molecule has 5 nitrogen and oxygen atoms in total. The smallest absolute Gasteiger partial charge is 0.335 e. The highest BCUT2D eigenvalue weighted by Gasteiger charge is 2.15. The number of rotatable bonds is 7. The summed E-state index contributed by atoms with van der Waals surface area (Å²) < 4.78 is 5.40. The van der Waals surface area contributed by atoms with Crippen LogP contribution in [0.15, 0.2) is 66.7 Å². The minimum absolute atomic E-state index is 0.234. The second-order valence-corrected chi connectivity index (χ2v) is 8.02. The summed E-state index contributed by atoms with van der Waals surface area (Å²) in [4.78, 5) is 13.1. The van der Waals surface area contributed by atoms with Crippen LogP contribution >= 0.6 is 35.4 Å². The number of thiocarbonyl (C=S) groups is 1. The average Bonchev–Trinajstić information content (AvgIpc) is 2.75. The first kappa shape index (κ1) is 22.9. The van der Waals surface area contributed by atoms with Gasteiger partial charge in [0, 0.05) is 23.1 Å². The second-order valence-electron chi connectivity index (χ2n) is 6.76. The molecule has 0 saturated carbocycles. The molecular formula is C23H20Cl2N2O3S. The summed E-state index contributed by atoms with van der Waals surface area (Å²) in [5.41, 5.74) is 2.83. The van der Waals surface area contributed by atoms with Gasteiger partial charge in [-0.1, -0.05) is 47.5 Å². The molecule has 2 N–H and O–H groups in total. The zero-order valence-electron chi connectivity index (χ0n) is 16.6. The number of nitrogens with one attached hydrogen (secondary N) is 1. The number of carbonyl (C=O) groups is 1. The van der Waals surface area contributed by atoms with Gasteiger partial charge in [0.15, 0.2) is 5.11 Å². The van der Waals surface area contributed by atoms with Crippen molar-refractivity contribution in [1.82, 2.24) is 4.90 Å². The molecule has 0 unspecified atom stereocenters. The van der Waals surface area contributed by atoms with Gasteiger partial charge < -0.3 is 20.1 Å². The van der Waals surface area contributed by atoms with Crippen LogP contribution in [0.5, 0.6) is 5.75 Å². The summed E-state index contributed by atoms with van der Waals surface area (Å²) in [6, 6.07) is 19.5. The van der Waals surface area contributed by atoms with Gasteiger partial charge in [-0.15, -0.1) is 0 Å². The predicted molar refractivity (Wildman–Crippen MR) is 128 cm³/mol. The largest absolute Gasteiger partial charge is 0.495 e. The molecule has 8 heteroatoms. The van der Waals surface area contributed by atoms with E-state index in [9.17, 15) is 4.79 Å². The Morgan fingerprint density at radius 1 is 0.968 bits per heavy atom. The van der Waals surface area contributed by atoms with Gasteiger partial charge in [0.2, 0.25) is 0 Å². The van der Waals surface area contributed by atoms with Crippen LogP contribution < -0.4 is 10.1 Å². The molecule has 0 amide bonds. The zero-order valence-corrected chi connectivity index (χ0v) is 19.0. The third-order valence-electron chi connectivity index (χ3n) is 4.55. The van der Waals surface area contributed by atoms with Gasteiger partial charge in [-0.05, 0) is 65.8 Å². The van der Waals surface area contributed by atoms with Crippen LogP contribution in [0.4, 0.5) is 5.69 Å². The predicted octanol–water partition coefficient (Wildman–Crippen LogP) is 6.10. The SMILES string of the molecule is COc1ccc(Cl)cc1NC(=S)N(Cc1ccc(Cl)cc1)Cc1ccc(C(=O)O)cc1. The standard InChI is InChI=1S/C23H20Cl2N2O3S/c1-30-21-11-10-19(25)12-20(21)26-23(31)27(14-16-4-8-18(24)9-5-16)13-15-2-6-17(7-3-15)22(28)29/h2-12H,13-14H2,1H3,(H,26,31)(H,28,29). The van der Waals surface area contributed by atoms with Crippen molar-refractivity contribution < 1.29 is 14.6 Å². The summed E-state index contributed by atoms with van der Waals surface area (Å²) in [5, 5.41) is 14.0. The minimum atomic E-state index is -0.963. The lowest BCUT2D eigenvalue weighted by Gasteiger charge is -2.27. The van der Waals surface area contributed by atoms with Crippen molar-refractivity contribution >= 4 is 52.2 Å². The highest BCUT2D eigenvalue weighted by atomic mass is 35.5. The van der Waals surface area contributed by atoms with Crippen molar-refractivity contribution in [2.45, 2.75) is 13.1 Å². The Kier molecular flexibility index (Phi) is 7.74. The van der Waals surface area contributed by atoms with Crippen molar-refractivity contribution in [3.8, 4) is 5.75 Å². The van der Waals surface area contributed by atoms with E-state index in [0.717, 1.165) is 11.1 Å². The number of halogens is 2. The van der Waals surface area contributed by atoms with Crippen molar-refractivity contribution in [2.75, 3.05) is 12.4 Å². The van der Waals surface area contributed by atoms with E-state index in [1.54, 1.807) is 49.6 Å². The fraction of sp³-hybridized carbons (Fsp3) is 0.130. The fourth-order valence-corrected chi connectivity index (χ4v) is 3.49. The van der Waals surface area contributed by atoms with Gasteiger partial charge in [0.25, 0.3) is 0 Å². The first-order valence-electron chi connectivity index (χ1n) is 9.32. The molecule has 3 aromatic rings. The maximum atomic E-state index is 11.1. The van der Waals surface area contributed by atoms with Crippen molar-refractivity contribution in [1.29, 1.82) is 0 Å². The number of nitrogens with zero attached hydrogens (tertiary/aromatic N) is 1. The number of carboxylic acids is 1. The van der Waals surface area contributed by atoms with Crippen LogP contribution in [-0.2, 0) is 13.1 Å². The Hall–Kier alpha value is -2.80. The van der Waals surface area contributed by atoms with Crippen molar-refractivity contribution in [2.24, 2.45) is 0 Å². The Bertz CT molecular complexity index is 1070. The van der Waals surface area contributed by atoms with E-state index in [0.29, 0.717) is 39.7 Å². The molecule has 0 fully saturated rings. The van der Waals surface area contributed by atoms with Crippen LogP contribution in [-0.4, -0.2) is 28.2 Å². The maximum absolute atomic E-state index is 11.1. The van der Waals surface area contributed by atoms with E-state index < -0.39 is 5.97 Å². The molecule has 0 atom stereocenters. The fourth-order valence-electron chi connectivity index (χ4n) is 2.95. The molecule has 31 heavy (non-hydrogen) atoms. The first-order chi connectivity index (χ1) is 14.9. The number of hydrogen-bond acceptors (Lipinski definition) is 3. The summed E-state index contributed by atoms with van der Waals surface area (Å²) in [6.07, 6.45) is 0. The Morgan fingerprint density at radius 2 is 1.52 bits per heavy atom. The lowest BCUT2D eigenvalue weighted by Crippen LogP contribution is -2.34. The summed E-state index contributed by atoms with van der Waals surface area (Å²) in [7, 11) is 1.58. The number of methoxy groups -OCH3 is 1. The Labute approximate surface area is 196 Å². The maximum Gasteiger partial charge on any atom is 0.335 e. The van der Waals surface area contributed by atoms with Crippen molar-refractivity contribution in [3.05, 3.63) is 93.5 Å². The number of benzene rings is 3. The van der Waals surface area contributed by atoms with Crippen LogP contribution in [0, 0.1) is 0 Å². The number of aromatic carboxylic acids is 1. The number of ether oxygens (including phenoxy) is 1. The molecule has 160 valence electrons. The molecule has 3 rings (SSSR count). The Morgan fingerprint density at radius 3 is 2.06 bits per heavy atom. The lowest BCUT2D eigenvalue weighted by molar-refractivity contribution is 0.0697. The van der Waals surface area contributed by atoms with E-state index in [4.69, 9.17) is 45.3 Å². The van der Waals surface area contributed by atoms with Gasteiger partial charge in [-0.2, -0.15) is 0 Å². The molecule has 0 bridgehead atoms. The average molecular weight is 475 g/mol. The lowest BCUT2D eigenvalue weighted by atomic mass is 10.1. The monoisotopic (exact) mass is 474 g/mol. The second kappa shape index (κ2) is 10.5. The van der Waals surface area contributed by atoms with E-state index >= 15 is 0 Å². The van der Waals surface area contributed by atoms with Gasteiger partial charge in [0.05, 0.1) is 18.4 Å². The number of anilines is 1. The molecule has 0 aliphatic heterocycles. The number of carboxylic acid groups (broad SMARTS) is 1. The van der Waals surface area contributed by atoms with Gasteiger partial charge >= 0.3 is 5.97 Å². The molecule has 0 aliphatic carbocycles. The minimum Gasteiger partial charge on any atom is -0.495 e. The first-order valence-corrected chi connectivity index (χ1v) is 10.5. The van der Waals surface area contributed by atoms with Gasteiger partial charge in [-0.3, -0.25) is 0 Å². The normalized spacial score (nSPS) is 10.4. The quantitative estimate of drug-likeness (QED) is 0.403. The number of hydrogen-bond donors (Lipinski definition) is 2. The van der Waals surface area contributed by atoms with E-state index in [-0.39, 0.29) is 5.56 Å². The van der Waals surface area contributed by atoms with Crippen LogP contribution in [0.1, 0.15) is 21.5 Å². The molecular weight excluding hydrogens is 455 g/mol. The van der Waals surface area contributed by atoms with E-state index in [1.807, 2.05) is 29.2 Å². The van der Waals surface area contributed by atoms with Crippen LogP contribution in [0.2, 0.25) is 10.0 Å². The van der Waals surface area contributed by atoms with E-state index in [2.05, 4.69) is 5.32 Å². The van der Waals surface area contributed by atoms with E-state index in [1.165, 1.54) is 0 Å². The highest BCUT2D eigenvalue weighted by molar-refractivity contribution is 7.80. The van der Waals surface area contributed by atoms with Crippen molar-refractivity contribution in [3.63, 3.8) is 0 Å². The summed E-state index contributed by atoms with van der Waals surface area (Å²) in [6.45, 7) is 0.990. The van der Waals surface area contributed by atoms with Crippen LogP contribution in [0.3, 0.4) is 0 Å². The molecule has 0 aliphatic rings. The molecule has 0 radical (unpaired) electrons. The van der Waals surface area contributed by atoms with Gasteiger partial charge in [-0.25, -0.2) is 4.79 Å². The molecule has 0 spiro atoms. The molecule has 0 heterocycles. The zero-order chi connectivity index (χ0) is 22.4. The summed E-state index contributed by atoms with van der Waals surface area (Å²) in [5.74, 6) is -0.348. The van der Waals surface area contributed by atoms with Crippen LogP contribution in [0.25, 0.3) is 0 Å². The van der Waals surface area contributed by atoms with Gasteiger partial charge in [0.1, 0.15) is 5.75 Å². The third kappa shape index (κ3) is 6.34. The highest BCUT2D eigenvalue weighted by Crippen LogP contribution is 2.28. The third-order valence-corrected chi connectivity index (χ3v) is 5.40. The molecule has 3 aromatic carbocycles. The Balaban J connectivity index is 1.85. The summed E-state index contributed by atoms with van der Waals surface area (Å²) >= 11 is 17.8.